The van der Waals surface area contributed by atoms with Crippen molar-refractivity contribution in [1.82, 2.24) is 4.57 Å². The molecule has 0 spiro atoms. The van der Waals surface area contributed by atoms with E-state index >= 15 is 0 Å². The summed E-state index contributed by atoms with van der Waals surface area (Å²) in [5, 5.41) is 2.48. The molecule has 442 valence electrons. The van der Waals surface area contributed by atoms with Crippen LogP contribution in [0.3, 0.4) is 0 Å². The molecule has 3 nitrogen and oxygen atoms in total. The third-order valence-corrected chi connectivity index (χ3v) is 20.2. The molecule has 0 unspecified atom stereocenters. The third kappa shape index (κ3) is 8.84. The first kappa shape index (κ1) is 56.3. The fourth-order valence-corrected chi connectivity index (χ4v) is 15.5. The van der Waals surface area contributed by atoms with Gasteiger partial charge in [0.1, 0.15) is 0 Å². The van der Waals surface area contributed by atoms with E-state index in [1.54, 1.807) is 0 Å². The second-order valence-corrected chi connectivity index (χ2v) is 29.3. The minimum Gasteiger partial charge on any atom is -0.310 e. The fraction of sp³-hybridized carbons (Fsp3) is 0.172. The van der Waals surface area contributed by atoms with Gasteiger partial charge in [0.25, 0.3) is 6.71 Å². The van der Waals surface area contributed by atoms with Gasteiger partial charge in [0.05, 0.1) is 22.4 Å². The minimum absolute atomic E-state index is 0.157. The van der Waals surface area contributed by atoms with Crippen LogP contribution in [0.4, 0.5) is 34.1 Å². The lowest BCUT2D eigenvalue weighted by Crippen LogP contribution is -2.62. The molecule has 0 saturated carbocycles. The van der Waals surface area contributed by atoms with Crippen LogP contribution >= 0.6 is 0 Å². The standard InChI is InChI=1S/C87H76BN3/c1-84(2,3)59-48-66(55-30-16-12-17-31-55)82(67(49-59)56-32-18-13-19-33-56)90-75-47-45-71-79(65-40-24-27-41-70(65)87(71,10)11)81(75)88-72-46-44-62(89-73-42-28-25-38-63(73)64-39-26-29-43-74(64)89)54-76(72)91(78-53-61(86(7,8)9)52-77(90)80(78)88)83-68(57-34-20-14-21-35-57)50-60(85(4,5)6)51-69(83)58-36-22-15-23-37-58/h12-54H,1-11H3. The van der Waals surface area contributed by atoms with Crippen molar-refractivity contribution in [3.63, 3.8) is 0 Å². The lowest BCUT2D eigenvalue weighted by atomic mass is 9.32. The summed E-state index contributed by atoms with van der Waals surface area (Å²) in [6.45, 7) is 26.0. The molecule has 2 aliphatic heterocycles. The monoisotopic (exact) mass is 1170 g/mol. The van der Waals surface area contributed by atoms with Gasteiger partial charge in [-0.25, -0.2) is 0 Å². The summed E-state index contributed by atoms with van der Waals surface area (Å²) in [7, 11) is 0. The zero-order valence-corrected chi connectivity index (χ0v) is 54.2. The van der Waals surface area contributed by atoms with Gasteiger partial charge in [-0.1, -0.05) is 270 Å². The SMILES string of the molecule is CC(C)(C)c1cc(-c2ccccc2)c(N2c3cc(-n4c5ccccc5c5ccccc54)ccc3B3c4c2cc(C(C)(C)C)cc4N(c2c(-c4ccccc4)cc(C(C)(C)C)cc2-c2ccccc2)c2ccc4c(c23)-c2ccccc2C4(C)C)c(-c2ccccc2)c1. The van der Waals surface area contributed by atoms with Crippen LogP contribution in [-0.2, 0) is 21.7 Å². The molecule has 3 heterocycles. The molecule has 1 aliphatic carbocycles. The van der Waals surface area contributed by atoms with Gasteiger partial charge in [0.2, 0.25) is 0 Å². The number of hydrogen-bond acceptors (Lipinski definition) is 2. The summed E-state index contributed by atoms with van der Waals surface area (Å²) < 4.78 is 2.51. The van der Waals surface area contributed by atoms with E-state index in [1.165, 1.54) is 150 Å². The van der Waals surface area contributed by atoms with E-state index in [-0.39, 0.29) is 28.4 Å². The van der Waals surface area contributed by atoms with Crippen molar-refractivity contribution >= 4 is 79.0 Å². The van der Waals surface area contributed by atoms with Crippen molar-refractivity contribution in [2.45, 2.75) is 97.8 Å². The number of benzene rings is 12. The van der Waals surface area contributed by atoms with E-state index in [1.807, 2.05) is 0 Å². The second-order valence-electron chi connectivity index (χ2n) is 29.3. The highest BCUT2D eigenvalue weighted by Gasteiger charge is 2.50. The van der Waals surface area contributed by atoms with Crippen molar-refractivity contribution in [3.05, 3.63) is 289 Å². The molecule has 1 aromatic heterocycles. The van der Waals surface area contributed by atoms with Crippen molar-refractivity contribution in [3.8, 4) is 61.3 Å². The van der Waals surface area contributed by atoms with Crippen LogP contribution in [0.15, 0.2) is 261 Å². The zero-order chi connectivity index (χ0) is 62.5. The van der Waals surface area contributed by atoms with E-state index in [4.69, 9.17) is 0 Å². The maximum absolute atomic E-state index is 2.75. The van der Waals surface area contributed by atoms with Crippen LogP contribution in [0.2, 0.25) is 0 Å². The molecule has 3 aliphatic rings. The van der Waals surface area contributed by atoms with Gasteiger partial charge in [-0.05, 0) is 161 Å². The molecule has 0 fully saturated rings. The summed E-state index contributed by atoms with van der Waals surface area (Å²) in [5.41, 5.74) is 32.3. The number of anilines is 6. The van der Waals surface area contributed by atoms with Gasteiger partial charge in [0.15, 0.2) is 0 Å². The van der Waals surface area contributed by atoms with Crippen LogP contribution in [-0.4, -0.2) is 11.3 Å². The number of para-hydroxylation sites is 2. The molecular weight excluding hydrogens is 1100 g/mol. The smallest absolute Gasteiger partial charge is 0.252 e. The summed E-state index contributed by atoms with van der Waals surface area (Å²) in [5.74, 6) is 0. The lowest BCUT2D eigenvalue weighted by Gasteiger charge is -2.47. The Balaban J connectivity index is 1.13. The number of hydrogen-bond donors (Lipinski definition) is 0. The quantitative estimate of drug-likeness (QED) is 0.147. The highest BCUT2D eigenvalue weighted by molar-refractivity contribution is 7.01. The molecule has 0 N–H and O–H groups in total. The Bertz CT molecular complexity index is 4900. The topological polar surface area (TPSA) is 11.4 Å². The van der Waals surface area contributed by atoms with E-state index in [2.05, 4.69) is 351 Å². The van der Waals surface area contributed by atoms with Gasteiger partial charge in [-0.3, -0.25) is 0 Å². The largest absolute Gasteiger partial charge is 0.310 e. The Morgan fingerprint density at radius 3 is 1.16 bits per heavy atom. The predicted octanol–water partition coefficient (Wildman–Crippen LogP) is 21.7. The maximum atomic E-state index is 2.75. The molecule has 12 aromatic carbocycles. The minimum atomic E-state index is -0.286. The van der Waals surface area contributed by atoms with Crippen LogP contribution in [0.5, 0.6) is 0 Å². The van der Waals surface area contributed by atoms with Gasteiger partial charge in [-0.2, -0.15) is 0 Å². The highest BCUT2D eigenvalue weighted by atomic mass is 15.2. The summed E-state index contributed by atoms with van der Waals surface area (Å²) in [6, 6.07) is 99.8. The van der Waals surface area contributed by atoms with Crippen LogP contribution in [0, 0.1) is 0 Å². The maximum Gasteiger partial charge on any atom is 0.252 e. The van der Waals surface area contributed by atoms with Gasteiger partial charge < -0.3 is 14.4 Å². The Hall–Kier alpha value is -9.90. The van der Waals surface area contributed by atoms with Gasteiger partial charge in [-0.15, -0.1) is 0 Å². The van der Waals surface area contributed by atoms with Crippen LogP contribution < -0.4 is 26.2 Å². The Morgan fingerprint density at radius 2 is 0.714 bits per heavy atom. The molecule has 0 amide bonds. The third-order valence-electron chi connectivity index (χ3n) is 20.2. The fourth-order valence-electron chi connectivity index (χ4n) is 15.5. The Kier molecular flexibility index (Phi) is 12.7. The number of nitrogens with zero attached hydrogens (tertiary/aromatic N) is 3. The van der Waals surface area contributed by atoms with Crippen LogP contribution in [0.25, 0.3) is 83.1 Å². The molecule has 4 heteroatoms. The molecule has 16 rings (SSSR count). The second kappa shape index (κ2) is 20.6. The first-order valence-electron chi connectivity index (χ1n) is 32.6. The normalized spacial score (nSPS) is 13.9. The van der Waals surface area contributed by atoms with Crippen molar-refractivity contribution < 1.29 is 0 Å². The first-order valence-corrected chi connectivity index (χ1v) is 32.6. The van der Waals surface area contributed by atoms with Crippen molar-refractivity contribution in [1.29, 1.82) is 0 Å². The van der Waals surface area contributed by atoms with E-state index in [0.29, 0.717) is 0 Å². The molecule has 0 saturated heterocycles. The van der Waals surface area contributed by atoms with Crippen LogP contribution in [0.1, 0.15) is 104 Å². The zero-order valence-electron chi connectivity index (χ0n) is 54.2. The average molecular weight is 1170 g/mol. The average Bonchev–Trinajstić information content (AvgIpc) is 1.67. The van der Waals surface area contributed by atoms with Gasteiger partial charge in [0, 0.05) is 66.9 Å². The Morgan fingerprint density at radius 1 is 0.319 bits per heavy atom. The van der Waals surface area contributed by atoms with E-state index < -0.39 is 0 Å². The molecule has 13 aromatic rings. The lowest BCUT2D eigenvalue weighted by molar-refractivity contribution is 0.590. The predicted molar refractivity (Wildman–Crippen MR) is 390 cm³/mol. The number of rotatable bonds is 7. The molecule has 0 radical (unpaired) electrons. The number of fused-ring (bicyclic) bond motifs is 11. The first-order chi connectivity index (χ1) is 43.8. The number of aromatic nitrogens is 1. The van der Waals surface area contributed by atoms with Crippen molar-refractivity contribution in [2.24, 2.45) is 0 Å². The summed E-state index contributed by atoms with van der Waals surface area (Å²) in [4.78, 5) is 5.50. The van der Waals surface area contributed by atoms with Crippen molar-refractivity contribution in [2.75, 3.05) is 9.80 Å². The molecule has 91 heavy (non-hydrogen) atoms. The Labute approximate surface area is 538 Å². The molecule has 0 bridgehead atoms. The summed E-state index contributed by atoms with van der Waals surface area (Å²) >= 11 is 0. The highest BCUT2D eigenvalue weighted by Crippen LogP contribution is 2.58. The van der Waals surface area contributed by atoms with E-state index in [0.717, 1.165) is 11.4 Å². The molecular formula is C87H76BN3. The molecule has 0 atom stereocenters. The summed E-state index contributed by atoms with van der Waals surface area (Å²) in [6.07, 6.45) is 0. The van der Waals surface area contributed by atoms with E-state index in [9.17, 15) is 0 Å². The van der Waals surface area contributed by atoms with Gasteiger partial charge >= 0.3 is 0 Å².